The molecule has 4 nitrogen and oxygen atoms in total. The van der Waals surface area contributed by atoms with E-state index in [9.17, 15) is 5.11 Å². The number of thiocarbonyl (C=S) groups is 1. The Balaban J connectivity index is 2.92. The average molecular weight is 264 g/mol. The van der Waals surface area contributed by atoms with Crippen LogP contribution in [0.3, 0.4) is 0 Å². The lowest BCUT2D eigenvalue weighted by Gasteiger charge is -2.02. The Kier molecular flexibility index (Phi) is 4.14. The van der Waals surface area contributed by atoms with Crippen LogP contribution in [0.25, 0.3) is 0 Å². The Morgan fingerprint density at radius 1 is 1.47 bits per heavy atom. The Hall–Kier alpha value is -1.04. The molecule has 0 amide bonds. The fraction of sp³-hybridized carbons (Fsp3) is 0. The van der Waals surface area contributed by atoms with E-state index >= 15 is 0 Å². The summed E-state index contributed by atoms with van der Waals surface area (Å²) in [5.41, 5.74) is 8.07. The van der Waals surface area contributed by atoms with Gasteiger partial charge >= 0.3 is 0 Å². The van der Waals surface area contributed by atoms with Crippen LogP contribution in [0.4, 0.5) is 0 Å². The van der Waals surface area contributed by atoms with Gasteiger partial charge in [0.15, 0.2) is 5.11 Å². The van der Waals surface area contributed by atoms with E-state index in [1.54, 1.807) is 6.07 Å². The van der Waals surface area contributed by atoms with Gasteiger partial charge in [-0.3, -0.25) is 5.43 Å². The lowest BCUT2D eigenvalue weighted by molar-refractivity contribution is 0.475. The van der Waals surface area contributed by atoms with E-state index in [4.69, 9.17) is 28.9 Å². The molecule has 1 aromatic carbocycles. The van der Waals surface area contributed by atoms with Gasteiger partial charge in [0.25, 0.3) is 0 Å². The first-order chi connectivity index (χ1) is 7.02. The van der Waals surface area contributed by atoms with E-state index in [1.165, 1.54) is 12.3 Å². The predicted molar refractivity (Wildman–Crippen MR) is 65.6 cm³/mol. The molecule has 80 valence electrons. The van der Waals surface area contributed by atoms with Crippen LogP contribution in [0.15, 0.2) is 17.2 Å². The largest absolute Gasteiger partial charge is 0.506 e. The van der Waals surface area contributed by atoms with Crippen molar-refractivity contribution >= 4 is 46.7 Å². The summed E-state index contributed by atoms with van der Waals surface area (Å²) in [5, 5.41) is 13.3. The maximum absolute atomic E-state index is 9.22. The van der Waals surface area contributed by atoms with Crippen molar-refractivity contribution in [3.8, 4) is 5.75 Å². The molecule has 1 rings (SSSR count). The lowest BCUT2D eigenvalue weighted by atomic mass is 10.2. The van der Waals surface area contributed by atoms with Crippen LogP contribution in [0, 0.1) is 0 Å². The van der Waals surface area contributed by atoms with E-state index in [0.717, 1.165) is 0 Å². The number of hydrazone groups is 1. The van der Waals surface area contributed by atoms with Crippen molar-refractivity contribution in [3.63, 3.8) is 0 Å². The standard InChI is InChI=1S/C8H7Cl2N3OS/c9-6-4(3-12-13-8(11)15)1-2-5(14)7(6)10/h1-3,14H,(H3,11,13,15). The SMILES string of the molecule is NC(=S)NN=Cc1ccc(O)c(Cl)c1Cl. The Labute approximate surface area is 102 Å². The van der Waals surface area contributed by atoms with Crippen LogP contribution in [-0.2, 0) is 0 Å². The normalized spacial score (nSPS) is 10.5. The molecule has 0 spiro atoms. The minimum absolute atomic E-state index is 0.0484. The summed E-state index contributed by atoms with van der Waals surface area (Å²) in [6.07, 6.45) is 1.40. The molecule has 0 radical (unpaired) electrons. The monoisotopic (exact) mass is 263 g/mol. The van der Waals surface area contributed by atoms with Crippen molar-refractivity contribution in [1.29, 1.82) is 0 Å². The average Bonchev–Trinajstić information content (AvgIpc) is 2.18. The van der Waals surface area contributed by atoms with Crippen molar-refractivity contribution in [2.75, 3.05) is 0 Å². The zero-order valence-corrected chi connectivity index (χ0v) is 9.70. The molecule has 0 fully saturated rings. The molecular weight excluding hydrogens is 257 g/mol. The number of aromatic hydroxyl groups is 1. The molecule has 4 N–H and O–H groups in total. The molecule has 0 saturated heterocycles. The van der Waals surface area contributed by atoms with E-state index in [0.29, 0.717) is 5.56 Å². The summed E-state index contributed by atoms with van der Waals surface area (Å²) >= 11 is 16.1. The second-order valence-electron chi connectivity index (χ2n) is 2.54. The first-order valence-corrected chi connectivity index (χ1v) is 4.94. The number of halogens is 2. The molecule has 0 saturated carbocycles. The minimum atomic E-state index is -0.0823. The predicted octanol–water partition coefficient (Wildman–Crippen LogP) is 1.87. The van der Waals surface area contributed by atoms with Gasteiger partial charge in [-0.25, -0.2) is 0 Å². The van der Waals surface area contributed by atoms with E-state index in [-0.39, 0.29) is 20.9 Å². The summed E-state index contributed by atoms with van der Waals surface area (Å²) in [6, 6.07) is 2.98. The molecule has 7 heteroatoms. The second kappa shape index (κ2) is 5.16. The molecule has 0 unspecified atom stereocenters. The molecule has 0 atom stereocenters. The smallest absolute Gasteiger partial charge is 0.184 e. The maximum atomic E-state index is 9.22. The number of phenols is 1. The van der Waals surface area contributed by atoms with Crippen molar-refractivity contribution in [3.05, 3.63) is 27.7 Å². The third-order valence-corrected chi connectivity index (χ3v) is 2.45. The summed E-state index contributed by atoms with van der Waals surface area (Å²) in [7, 11) is 0. The number of nitrogens with zero attached hydrogens (tertiary/aromatic N) is 1. The fourth-order valence-electron chi connectivity index (χ4n) is 0.819. The number of benzene rings is 1. The Morgan fingerprint density at radius 2 is 2.13 bits per heavy atom. The highest BCUT2D eigenvalue weighted by atomic mass is 35.5. The molecule has 0 bridgehead atoms. The summed E-state index contributed by atoms with van der Waals surface area (Å²) in [5.74, 6) is -0.0823. The fourth-order valence-corrected chi connectivity index (χ4v) is 1.25. The highest BCUT2D eigenvalue weighted by Gasteiger charge is 2.07. The highest BCUT2D eigenvalue weighted by Crippen LogP contribution is 2.32. The minimum Gasteiger partial charge on any atom is -0.506 e. The van der Waals surface area contributed by atoms with Gasteiger partial charge in [-0.15, -0.1) is 0 Å². The number of phenolic OH excluding ortho intramolecular Hbond substituents is 1. The van der Waals surface area contributed by atoms with Gasteiger partial charge in [0.1, 0.15) is 10.8 Å². The molecule has 0 aliphatic heterocycles. The second-order valence-corrected chi connectivity index (χ2v) is 3.73. The first kappa shape index (κ1) is 12.0. The Bertz CT molecular complexity index is 423. The molecule has 1 aromatic rings. The van der Waals surface area contributed by atoms with Gasteiger partial charge in [0.2, 0.25) is 0 Å². The van der Waals surface area contributed by atoms with Crippen LogP contribution in [0.5, 0.6) is 5.75 Å². The first-order valence-electron chi connectivity index (χ1n) is 3.78. The number of rotatable bonds is 2. The molecule has 0 aliphatic carbocycles. The summed E-state index contributed by atoms with van der Waals surface area (Å²) in [4.78, 5) is 0. The summed E-state index contributed by atoms with van der Waals surface area (Å²) in [6.45, 7) is 0. The van der Waals surface area contributed by atoms with E-state index in [1.807, 2.05) is 0 Å². The molecule has 0 aliphatic rings. The molecule has 0 heterocycles. The van der Waals surface area contributed by atoms with Crippen LogP contribution < -0.4 is 11.2 Å². The van der Waals surface area contributed by atoms with Crippen molar-refractivity contribution in [2.24, 2.45) is 10.8 Å². The summed E-state index contributed by atoms with van der Waals surface area (Å²) < 4.78 is 0. The van der Waals surface area contributed by atoms with Crippen molar-refractivity contribution < 1.29 is 5.11 Å². The third kappa shape index (κ3) is 3.23. The van der Waals surface area contributed by atoms with E-state index in [2.05, 4.69) is 22.7 Å². The quantitative estimate of drug-likeness (QED) is 0.433. The zero-order chi connectivity index (χ0) is 11.4. The van der Waals surface area contributed by atoms with Gasteiger partial charge in [-0.2, -0.15) is 5.10 Å². The molecule has 15 heavy (non-hydrogen) atoms. The van der Waals surface area contributed by atoms with Gasteiger partial charge < -0.3 is 10.8 Å². The highest BCUT2D eigenvalue weighted by molar-refractivity contribution is 7.80. The number of nitrogens with two attached hydrogens (primary N) is 1. The topological polar surface area (TPSA) is 70.6 Å². The van der Waals surface area contributed by atoms with Crippen molar-refractivity contribution in [1.82, 2.24) is 5.43 Å². The van der Waals surface area contributed by atoms with Gasteiger partial charge in [0, 0.05) is 5.56 Å². The third-order valence-electron chi connectivity index (χ3n) is 1.47. The maximum Gasteiger partial charge on any atom is 0.184 e. The van der Waals surface area contributed by atoms with Crippen LogP contribution >= 0.6 is 35.4 Å². The van der Waals surface area contributed by atoms with Crippen molar-refractivity contribution in [2.45, 2.75) is 0 Å². The van der Waals surface area contributed by atoms with Gasteiger partial charge in [-0.05, 0) is 24.4 Å². The lowest BCUT2D eigenvalue weighted by Crippen LogP contribution is -2.24. The number of nitrogens with one attached hydrogen (secondary N) is 1. The molecule has 0 aromatic heterocycles. The van der Waals surface area contributed by atoms with Crippen LogP contribution in [0.1, 0.15) is 5.56 Å². The number of hydrogen-bond acceptors (Lipinski definition) is 3. The zero-order valence-electron chi connectivity index (χ0n) is 7.37. The van der Waals surface area contributed by atoms with Crippen LogP contribution in [0.2, 0.25) is 10.0 Å². The Morgan fingerprint density at radius 3 is 2.73 bits per heavy atom. The van der Waals surface area contributed by atoms with Crippen LogP contribution in [-0.4, -0.2) is 16.4 Å². The number of hydrogen-bond donors (Lipinski definition) is 3. The van der Waals surface area contributed by atoms with E-state index < -0.39 is 0 Å². The van der Waals surface area contributed by atoms with Gasteiger partial charge in [0.05, 0.1) is 11.2 Å². The molecular formula is C8H7Cl2N3OS. The van der Waals surface area contributed by atoms with Gasteiger partial charge in [-0.1, -0.05) is 23.2 Å².